The number of ether oxygens (including phenoxy) is 2. The number of pyridine rings is 1. The van der Waals surface area contributed by atoms with Crippen molar-refractivity contribution in [2.45, 2.75) is 0 Å². The fourth-order valence-corrected chi connectivity index (χ4v) is 2.87. The van der Waals surface area contributed by atoms with Crippen LogP contribution in [0.2, 0.25) is 0 Å². The Bertz CT molecular complexity index is 1060. The van der Waals surface area contributed by atoms with Crippen LogP contribution in [0.5, 0.6) is 11.5 Å². The molecule has 2 aromatic carbocycles. The summed E-state index contributed by atoms with van der Waals surface area (Å²) in [5.74, 6) is -0.166. The minimum atomic E-state index is -1.12. The molecule has 0 saturated carbocycles. The van der Waals surface area contributed by atoms with E-state index in [1.54, 1.807) is 18.2 Å². The summed E-state index contributed by atoms with van der Waals surface area (Å²) in [5.41, 5.74) is 1.14. The smallest absolute Gasteiger partial charge is 0.336 e. The third kappa shape index (κ3) is 2.67. The van der Waals surface area contributed by atoms with Crippen LogP contribution in [-0.4, -0.2) is 34.2 Å². The van der Waals surface area contributed by atoms with Crippen molar-refractivity contribution in [2.24, 2.45) is 0 Å². The lowest BCUT2D eigenvalue weighted by molar-refractivity contribution is -0.384. The number of carboxylic acids is 1. The van der Waals surface area contributed by atoms with E-state index in [2.05, 4.69) is 4.98 Å². The number of hydrogen-bond acceptors (Lipinski definition) is 6. The van der Waals surface area contributed by atoms with Crippen molar-refractivity contribution in [1.29, 1.82) is 0 Å². The Kier molecular flexibility index (Phi) is 3.65. The molecule has 26 heavy (non-hydrogen) atoms. The molecule has 3 aromatic rings. The molecule has 1 aliphatic rings. The molecule has 0 fully saturated rings. The third-order valence-corrected chi connectivity index (χ3v) is 4.06. The number of nitrogens with zero attached hydrogens (tertiary/aromatic N) is 2. The van der Waals surface area contributed by atoms with Crippen LogP contribution in [0.25, 0.3) is 22.2 Å². The van der Waals surface area contributed by atoms with E-state index in [0.29, 0.717) is 46.9 Å². The van der Waals surface area contributed by atoms with Gasteiger partial charge in [-0.05, 0) is 12.1 Å². The number of non-ortho nitro benzene ring substituents is 1. The minimum absolute atomic E-state index is 0.0356. The molecular weight excluding hydrogens is 340 g/mol. The summed E-state index contributed by atoms with van der Waals surface area (Å²) in [6.45, 7) is 0.787. The Morgan fingerprint density at radius 1 is 1.12 bits per heavy atom. The number of carboxylic acid groups (broad SMARTS) is 1. The van der Waals surface area contributed by atoms with Crippen LogP contribution in [-0.2, 0) is 0 Å². The highest BCUT2D eigenvalue weighted by atomic mass is 16.6. The van der Waals surface area contributed by atoms with Crippen molar-refractivity contribution in [1.82, 2.24) is 4.98 Å². The second kappa shape index (κ2) is 5.99. The van der Waals surface area contributed by atoms with Crippen molar-refractivity contribution in [2.75, 3.05) is 13.2 Å². The van der Waals surface area contributed by atoms with Gasteiger partial charge in [0.15, 0.2) is 11.5 Å². The van der Waals surface area contributed by atoms with Gasteiger partial charge < -0.3 is 14.6 Å². The molecule has 0 unspecified atom stereocenters. The van der Waals surface area contributed by atoms with Crippen LogP contribution in [0.1, 0.15) is 10.4 Å². The summed E-state index contributed by atoms with van der Waals surface area (Å²) >= 11 is 0. The van der Waals surface area contributed by atoms with E-state index in [0.717, 1.165) is 0 Å². The summed E-state index contributed by atoms with van der Waals surface area (Å²) in [6.07, 6.45) is 0. The topological polar surface area (TPSA) is 112 Å². The van der Waals surface area contributed by atoms with Gasteiger partial charge in [-0.15, -0.1) is 0 Å². The molecule has 0 atom stereocenters. The van der Waals surface area contributed by atoms with E-state index < -0.39 is 10.9 Å². The van der Waals surface area contributed by atoms with Crippen LogP contribution < -0.4 is 9.47 Å². The Morgan fingerprint density at radius 3 is 2.54 bits per heavy atom. The molecule has 0 aliphatic carbocycles. The standard InChI is InChI=1S/C18H12N2O6/c21-18(22)13-7-14(10-2-1-3-11(6-10)20(23)24)19-15-9-17-16(8-12(13)15)25-4-5-26-17/h1-3,6-9H,4-5H2,(H,21,22). The summed E-state index contributed by atoms with van der Waals surface area (Å²) in [6, 6.07) is 10.5. The van der Waals surface area contributed by atoms with Gasteiger partial charge in [-0.3, -0.25) is 10.1 Å². The van der Waals surface area contributed by atoms with E-state index in [-0.39, 0.29) is 11.3 Å². The average Bonchev–Trinajstić information content (AvgIpc) is 2.65. The van der Waals surface area contributed by atoms with Crippen LogP contribution in [0, 0.1) is 10.1 Å². The summed E-state index contributed by atoms with van der Waals surface area (Å²) < 4.78 is 11.0. The quantitative estimate of drug-likeness (QED) is 0.568. The number of carbonyl (C=O) groups is 1. The Labute approximate surface area is 146 Å². The minimum Gasteiger partial charge on any atom is -0.486 e. The monoisotopic (exact) mass is 352 g/mol. The molecule has 0 bridgehead atoms. The largest absolute Gasteiger partial charge is 0.486 e. The van der Waals surface area contributed by atoms with Gasteiger partial charge in [0.05, 0.1) is 21.7 Å². The number of fused-ring (bicyclic) bond motifs is 2. The van der Waals surface area contributed by atoms with E-state index in [9.17, 15) is 20.0 Å². The van der Waals surface area contributed by atoms with Crippen LogP contribution in [0.4, 0.5) is 5.69 Å². The number of aromatic nitrogens is 1. The Hall–Kier alpha value is -3.68. The zero-order valence-corrected chi connectivity index (χ0v) is 13.3. The lowest BCUT2D eigenvalue weighted by Gasteiger charge is -2.19. The third-order valence-electron chi connectivity index (χ3n) is 4.06. The van der Waals surface area contributed by atoms with Crippen LogP contribution >= 0.6 is 0 Å². The van der Waals surface area contributed by atoms with Crippen molar-refractivity contribution >= 4 is 22.6 Å². The second-order valence-electron chi connectivity index (χ2n) is 5.68. The Balaban J connectivity index is 1.95. The van der Waals surface area contributed by atoms with Gasteiger partial charge >= 0.3 is 5.97 Å². The fraction of sp³-hybridized carbons (Fsp3) is 0.111. The zero-order valence-electron chi connectivity index (χ0n) is 13.3. The number of aromatic carboxylic acids is 1. The number of hydrogen-bond donors (Lipinski definition) is 1. The molecule has 0 radical (unpaired) electrons. The molecule has 8 nitrogen and oxygen atoms in total. The first kappa shape index (κ1) is 15.8. The lowest BCUT2D eigenvalue weighted by Crippen LogP contribution is -2.15. The van der Waals surface area contributed by atoms with Crippen molar-refractivity contribution in [3.05, 3.63) is 58.1 Å². The summed E-state index contributed by atoms with van der Waals surface area (Å²) in [5, 5.41) is 21.0. The maximum absolute atomic E-state index is 11.7. The first-order valence-electron chi connectivity index (χ1n) is 7.75. The molecular formula is C18H12N2O6. The van der Waals surface area contributed by atoms with Gasteiger partial charge in [-0.2, -0.15) is 0 Å². The molecule has 0 saturated heterocycles. The van der Waals surface area contributed by atoms with E-state index in [1.807, 2.05) is 0 Å². The van der Waals surface area contributed by atoms with Gasteiger partial charge in [0.25, 0.3) is 5.69 Å². The molecule has 1 aromatic heterocycles. The molecule has 2 heterocycles. The fourth-order valence-electron chi connectivity index (χ4n) is 2.87. The van der Waals surface area contributed by atoms with Gasteiger partial charge in [0.2, 0.25) is 0 Å². The number of nitro benzene ring substituents is 1. The summed E-state index contributed by atoms with van der Waals surface area (Å²) in [7, 11) is 0. The van der Waals surface area contributed by atoms with Gasteiger partial charge in [0.1, 0.15) is 13.2 Å². The van der Waals surface area contributed by atoms with E-state index >= 15 is 0 Å². The molecule has 130 valence electrons. The molecule has 1 aliphatic heterocycles. The van der Waals surface area contributed by atoms with E-state index in [1.165, 1.54) is 24.3 Å². The lowest BCUT2D eigenvalue weighted by atomic mass is 10.0. The van der Waals surface area contributed by atoms with Crippen LogP contribution in [0.3, 0.4) is 0 Å². The highest BCUT2D eigenvalue weighted by molar-refractivity contribution is 6.04. The molecule has 0 spiro atoms. The molecule has 8 heteroatoms. The van der Waals surface area contributed by atoms with Crippen molar-refractivity contribution in [3.8, 4) is 22.8 Å². The predicted molar refractivity (Wildman–Crippen MR) is 91.8 cm³/mol. The first-order valence-corrected chi connectivity index (χ1v) is 7.75. The number of benzene rings is 2. The van der Waals surface area contributed by atoms with Crippen molar-refractivity contribution < 1.29 is 24.3 Å². The molecule has 0 amide bonds. The van der Waals surface area contributed by atoms with Crippen molar-refractivity contribution in [3.63, 3.8) is 0 Å². The first-order chi connectivity index (χ1) is 12.5. The molecule has 1 N–H and O–H groups in total. The second-order valence-corrected chi connectivity index (χ2v) is 5.68. The highest BCUT2D eigenvalue weighted by Crippen LogP contribution is 2.36. The highest BCUT2D eigenvalue weighted by Gasteiger charge is 2.19. The Morgan fingerprint density at radius 2 is 1.85 bits per heavy atom. The SMILES string of the molecule is O=C(O)c1cc(-c2cccc([N+](=O)[O-])c2)nc2cc3c(cc12)OCCO3. The summed E-state index contributed by atoms with van der Waals surface area (Å²) in [4.78, 5) is 26.7. The van der Waals surface area contributed by atoms with Gasteiger partial charge in [-0.25, -0.2) is 9.78 Å². The number of nitro groups is 1. The van der Waals surface area contributed by atoms with Gasteiger partial charge in [0, 0.05) is 29.1 Å². The number of rotatable bonds is 3. The normalized spacial score (nSPS) is 12.8. The molecule has 4 rings (SSSR count). The van der Waals surface area contributed by atoms with Gasteiger partial charge in [-0.1, -0.05) is 12.1 Å². The zero-order chi connectivity index (χ0) is 18.3. The maximum atomic E-state index is 11.7. The maximum Gasteiger partial charge on any atom is 0.336 e. The van der Waals surface area contributed by atoms with E-state index in [4.69, 9.17) is 9.47 Å². The predicted octanol–water partition coefficient (Wildman–Crippen LogP) is 3.28. The average molecular weight is 352 g/mol. The van der Waals surface area contributed by atoms with Crippen LogP contribution in [0.15, 0.2) is 42.5 Å².